The average molecular weight is 333 g/mol. The summed E-state index contributed by atoms with van der Waals surface area (Å²) in [5.74, 6) is -0.318. The van der Waals surface area contributed by atoms with Gasteiger partial charge >= 0.3 is 6.18 Å². The molecule has 0 radical (unpaired) electrons. The second-order valence-electron chi connectivity index (χ2n) is 4.31. The minimum atomic E-state index is -4.68. The first-order chi connectivity index (χ1) is 10.3. The van der Waals surface area contributed by atoms with Crippen molar-refractivity contribution in [1.82, 2.24) is 9.78 Å². The Kier molecular flexibility index (Phi) is 4.74. The molecule has 0 saturated heterocycles. The van der Waals surface area contributed by atoms with Crippen LogP contribution in [0.2, 0.25) is 0 Å². The number of hydrogen-bond acceptors (Lipinski definition) is 4. The highest BCUT2D eigenvalue weighted by Gasteiger charge is 2.38. The summed E-state index contributed by atoms with van der Waals surface area (Å²) in [7, 11) is 1.34. The highest BCUT2D eigenvalue weighted by atomic mass is 32.2. The van der Waals surface area contributed by atoms with E-state index in [1.54, 1.807) is 12.1 Å². The number of nitrogens with zero attached hydrogens (tertiary/aromatic N) is 3. The van der Waals surface area contributed by atoms with E-state index in [2.05, 4.69) is 10.3 Å². The fourth-order valence-electron chi connectivity index (χ4n) is 1.84. The summed E-state index contributed by atoms with van der Waals surface area (Å²) in [6.07, 6.45) is -4.00. The highest BCUT2D eigenvalue weighted by Crippen LogP contribution is 2.36. The molecular weight excluding hydrogens is 322 g/mol. The quantitative estimate of drug-likeness (QED) is 0.305. The standard InChI is InChI=1S/C13H11F4N3OS/c1-20-12(22-7-8-4-2-3-5-10(8)14)9(6-18-21)11(19-20)13(15,16)17/h2-6,21H,7H2,1H3/b18-6+. The second-order valence-corrected chi connectivity index (χ2v) is 5.28. The maximum Gasteiger partial charge on any atom is 0.435 e. The summed E-state index contributed by atoms with van der Waals surface area (Å²) in [6, 6.07) is 5.98. The topological polar surface area (TPSA) is 50.4 Å². The van der Waals surface area contributed by atoms with Gasteiger partial charge in [-0.15, -0.1) is 11.8 Å². The number of oxime groups is 1. The summed E-state index contributed by atoms with van der Waals surface area (Å²) in [4.78, 5) is 0. The third kappa shape index (κ3) is 3.41. The van der Waals surface area contributed by atoms with E-state index in [1.165, 1.54) is 19.2 Å². The largest absolute Gasteiger partial charge is 0.435 e. The molecule has 0 saturated carbocycles. The van der Waals surface area contributed by atoms with Crippen molar-refractivity contribution in [2.75, 3.05) is 0 Å². The summed E-state index contributed by atoms with van der Waals surface area (Å²) in [5, 5.41) is 14.8. The summed E-state index contributed by atoms with van der Waals surface area (Å²) < 4.78 is 53.3. The molecular formula is C13H11F4N3OS. The molecule has 0 unspecified atom stereocenters. The normalized spacial score (nSPS) is 12.2. The van der Waals surface area contributed by atoms with E-state index in [9.17, 15) is 17.6 Å². The Hall–Kier alpha value is -2.03. The monoisotopic (exact) mass is 333 g/mol. The number of rotatable bonds is 4. The molecule has 4 nitrogen and oxygen atoms in total. The van der Waals surface area contributed by atoms with E-state index in [-0.39, 0.29) is 16.3 Å². The van der Waals surface area contributed by atoms with Gasteiger partial charge in [-0.2, -0.15) is 18.3 Å². The lowest BCUT2D eigenvalue weighted by atomic mass is 10.2. The molecule has 0 fully saturated rings. The fourth-order valence-corrected chi connectivity index (χ4v) is 2.90. The van der Waals surface area contributed by atoms with Gasteiger partial charge in [0.05, 0.1) is 11.8 Å². The Morgan fingerprint density at radius 1 is 1.36 bits per heavy atom. The molecule has 9 heteroatoms. The van der Waals surface area contributed by atoms with Gasteiger partial charge in [-0.25, -0.2) is 4.39 Å². The van der Waals surface area contributed by atoms with Crippen LogP contribution in [-0.2, 0) is 19.0 Å². The minimum Gasteiger partial charge on any atom is -0.411 e. The Morgan fingerprint density at radius 3 is 2.64 bits per heavy atom. The van der Waals surface area contributed by atoms with Crippen molar-refractivity contribution in [1.29, 1.82) is 0 Å². The lowest BCUT2D eigenvalue weighted by molar-refractivity contribution is -0.141. The van der Waals surface area contributed by atoms with Crippen LogP contribution in [-0.4, -0.2) is 21.2 Å². The first-order valence-electron chi connectivity index (χ1n) is 6.02. The molecule has 0 atom stereocenters. The number of hydrogen-bond donors (Lipinski definition) is 1. The zero-order chi connectivity index (χ0) is 16.3. The van der Waals surface area contributed by atoms with Gasteiger partial charge in [0.25, 0.3) is 0 Å². The molecule has 2 rings (SSSR count). The number of aromatic nitrogens is 2. The Bertz CT molecular complexity index is 697. The molecule has 1 heterocycles. The highest BCUT2D eigenvalue weighted by molar-refractivity contribution is 7.98. The van der Waals surface area contributed by atoms with Crippen molar-refractivity contribution in [2.24, 2.45) is 12.2 Å². The smallest absolute Gasteiger partial charge is 0.411 e. The lowest BCUT2D eigenvalue weighted by Gasteiger charge is -2.05. The lowest BCUT2D eigenvalue weighted by Crippen LogP contribution is -2.09. The van der Waals surface area contributed by atoms with Crippen molar-refractivity contribution in [2.45, 2.75) is 17.0 Å². The first kappa shape index (κ1) is 16.3. The van der Waals surface area contributed by atoms with Crippen molar-refractivity contribution in [3.8, 4) is 0 Å². The van der Waals surface area contributed by atoms with E-state index in [1.807, 2.05) is 0 Å². The fraction of sp³-hybridized carbons (Fsp3) is 0.231. The molecule has 0 bridgehead atoms. The molecule has 0 amide bonds. The molecule has 22 heavy (non-hydrogen) atoms. The van der Waals surface area contributed by atoms with E-state index in [0.717, 1.165) is 16.4 Å². The molecule has 0 spiro atoms. The minimum absolute atomic E-state index is 0.121. The van der Waals surface area contributed by atoms with Crippen LogP contribution in [0.3, 0.4) is 0 Å². The van der Waals surface area contributed by atoms with Crippen molar-refractivity contribution in [3.63, 3.8) is 0 Å². The number of thioether (sulfide) groups is 1. The average Bonchev–Trinajstić information content (AvgIpc) is 2.75. The summed E-state index contributed by atoms with van der Waals surface area (Å²) >= 11 is 0.976. The van der Waals surface area contributed by atoms with Crippen LogP contribution in [0.1, 0.15) is 16.8 Å². The van der Waals surface area contributed by atoms with Crippen molar-refractivity contribution >= 4 is 18.0 Å². The number of halogens is 4. The zero-order valence-electron chi connectivity index (χ0n) is 11.3. The van der Waals surface area contributed by atoms with E-state index in [0.29, 0.717) is 11.8 Å². The van der Waals surface area contributed by atoms with Gasteiger partial charge in [-0.05, 0) is 11.6 Å². The van der Waals surface area contributed by atoms with Gasteiger partial charge in [-0.1, -0.05) is 23.4 Å². The van der Waals surface area contributed by atoms with Crippen LogP contribution in [0.25, 0.3) is 0 Å². The molecule has 118 valence electrons. The van der Waals surface area contributed by atoms with Crippen molar-refractivity contribution in [3.05, 3.63) is 46.9 Å². The molecule has 2 aromatic rings. The molecule has 0 aliphatic heterocycles. The third-order valence-electron chi connectivity index (χ3n) is 2.81. The number of benzene rings is 1. The number of aryl methyl sites for hydroxylation is 1. The number of alkyl halides is 3. The van der Waals surface area contributed by atoms with Gasteiger partial charge in [0.1, 0.15) is 10.8 Å². The van der Waals surface area contributed by atoms with Gasteiger partial charge in [0.2, 0.25) is 0 Å². The SMILES string of the molecule is Cn1nc(C(F)(F)F)c(/C=N/O)c1SCc1ccccc1F. The summed E-state index contributed by atoms with van der Waals surface area (Å²) in [6.45, 7) is 0. The van der Waals surface area contributed by atoms with Crippen LogP contribution >= 0.6 is 11.8 Å². The molecule has 1 aromatic carbocycles. The zero-order valence-corrected chi connectivity index (χ0v) is 12.1. The molecule has 1 N–H and O–H groups in total. The van der Waals surface area contributed by atoms with Crippen LogP contribution in [0.4, 0.5) is 17.6 Å². The predicted octanol–water partition coefficient (Wildman–Crippen LogP) is 3.68. The van der Waals surface area contributed by atoms with Crippen LogP contribution in [0.15, 0.2) is 34.4 Å². The van der Waals surface area contributed by atoms with Crippen LogP contribution in [0, 0.1) is 5.82 Å². The summed E-state index contributed by atoms with van der Waals surface area (Å²) in [5.41, 5.74) is -1.14. The first-order valence-corrected chi connectivity index (χ1v) is 7.01. The van der Waals surface area contributed by atoms with Crippen LogP contribution < -0.4 is 0 Å². The van der Waals surface area contributed by atoms with Crippen LogP contribution in [0.5, 0.6) is 0 Å². The Morgan fingerprint density at radius 2 is 2.05 bits per heavy atom. The Balaban J connectivity index is 2.35. The van der Waals surface area contributed by atoms with Gasteiger partial charge in [0.15, 0.2) is 5.69 Å². The predicted molar refractivity (Wildman–Crippen MR) is 73.6 cm³/mol. The Labute approximate surface area is 127 Å². The molecule has 0 aliphatic carbocycles. The van der Waals surface area contributed by atoms with Gasteiger partial charge in [-0.3, -0.25) is 4.68 Å². The van der Waals surface area contributed by atoms with E-state index in [4.69, 9.17) is 5.21 Å². The van der Waals surface area contributed by atoms with Gasteiger partial charge < -0.3 is 5.21 Å². The van der Waals surface area contributed by atoms with E-state index < -0.39 is 17.7 Å². The molecule has 1 aromatic heterocycles. The van der Waals surface area contributed by atoms with Gasteiger partial charge in [0, 0.05) is 12.8 Å². The maximum atomic E-state index is 13.6. The second kappa shape index (κ2) is 6.39. The molecule has 0 aliphatic rings. The van der Waals surface area contributed by atoms with Crippen molar-refractivity contribution < 1.29 is 22.8 Å². The maximum absolute atomic E-state index is 13.6. The third-order valence-corrected chi connectivity index (χ3v) is 4.02. The van der Waals surface area contributed by atoms with E-state index >= 15 is 0 Å².